The molecule has 10 nitrogen and oxygen atoms in total. The van der Waals surface area contributed by atoms with Crippen LogP contribution >= 0.6 is 0 Å². The Morgan fingerprint density at radius 3 is 2.43 bits per heavy atom. The molecule has 2 N–H and O–H groups in total. The van der Waals surface area contributed by atoms with Gasteiger partial charge in [0, 0.05) is 48.1 Å². The van der Waals surface area contributed by atoms with Crippen molar-refractivity contribution in [2.75, 3.05) is 32.8 Å². The van der Waals surface area contributed by atoms with Gasteiger partial charge in [0.25, 0.3) is 11.8 Å². The minimum Gasteiger partial charge on any atom is -0.485 e. The van der Waals surface area contributed by atoms with E-state index in [0.29, 0.717) is 75.3 Å². The number of methoxy groups -OCH3 is 2. The van der Waals surface area contributed by atoms with Gasteiger partial charge in [-0.2, -0.15) is 0 Å². The molecule has 0 aliphatic rings. The van der Waals surface area contributed by atoms with Crippen molar-refractivity contribution in [2.24, 2.45) is 0 Å². The van der Waals surface area contributed by atoms with Crippen molar-refractivity contribution in [3.05, 3.63) is 99.3 Å². The first-order chi connectivity index (χ1) is 21.2. The van der Waals surface area contributed by atoms with Crippen molar-refractivity contribution >= 4 is 22.6 Å². The molecule has 44 heavy (non-hydrogen) atoms. The third-order valence-corrected chi connectivity index (χ3v) is 6.95. The van der Waals surface area contributed by atoms with E-state index in [-0.39, 0.29) is 11.4 Å². The van der Waals surface area contributed by atoms with Crippen molar-refractivity contribution in [3.8, 4) is 34.3 Å². The number of nitrogens with zero attached hydrogens (tertiary/aromatic N) is 2. The van der Waals surface area contributed by atoms with Crippen LogP contribution < -0.4 is 25.0 Å². The zero-order valence-corrected chi connectivity index (χ0v) is 24.9. The summed E-state index contributed by atoms with van der Waals surface area (Å²) in [5, 5.41) is 2.79. The summed E-state index contributed by atoms with van der Waals surface area (Å²) in [5.41, 5.74) is 3.51. The van der Waals surface area contributed by atoms with Crippen LogP contribution in [0.5, 0.6) is 23.1 Å². The van der Waals surface area contributed by atoms with Crippen molar-refractivity contribution in [2.45, 2.75) is 20.8 Å². The van der Waals surface area contributed by atoms with Crippen molar-refractivity contribution in [1.82, 2.24) is 15.0 Å². The first-order valence-corrected chi connectivity index (χ1v) is 13.7. The monoisotopic (exact) mass is 598 g/mol. The van der Waals surface area contributed by atoms with E-state index in [9.17, 15) is 14.0 Å². The maximum absolute atomic E-state index is 13.7. The maximum Gasteiger partial charge on any atom is 0.261 e. The topological polar surface area (TPSA) is 125 Å². The average Bonchev–Trinajstić information content (AvgIpc) is 2.99. The Morgan fingerprint density at radius 1 is 0.955 bits per heavy atom. The van der Waals surface area contributed by atoms with Crippen LogP contribution in [-0.2, 0) is 4.74 Å². The summed E-state index contributed by atoms with van der Waals surface area (Å²) < 4.78 is 36.0. The van der Waals surface area contributed by atoms with Crippen LogP contribution in [0.1, 0.15) is 27.3 Å². The fraction of sp³-hybridized carbons (Fsp3) is 0.212. The third kappa shape index (κ3) is 6.23. The Bertz CT molecular complexity index is 1910. The molecule has 3 heterocycles. The molecule has 0 fully saturated rings. The number of H-pyrrole nitrogens is 1. The standard InChI is InChI=1S/C33H31FN4O6/c1-18-16-21(34)6-11-24(18)28-19(2)36-20(3)29(31(28)39)32(40)37-22-7-9-23(10-8-22)44-26-12-13-35-25-17-27(43-15-14-41-4)33(42-5)38-30(25)26/h6-13,16-17H,14-15H2,1-5H3,(H,36,39)(H,37,40). The number of rotatable bonds is 10. The zero-order chi connectivity index (χ0) is 31.4. The van der Waals surface area contributed by atoms with Crippen LogP contribution in [0.25, 0.3) is 22.2 Å². The minimum absolute atomic E-state index is 0.0245. The highest BCUT2D eigenvalue weighted by molar-refractivity contribution is 6.05. The summed E-state index contributed by atoms with van der Waals surface area (Å²) in [6, 6.07) is 14.3. The number of fused-ring (bicyclic) bond motifs is 1. The molecule has 0 unspecified atom stereocenters. The second kappa shape index (κ2) is 12.9. The predicted molar refractivity (Wildman–Crippen MR) is 165 cm³/mol. The lowest BCUT2D eigenvalue weighted by molar-refractivity contribution is 0.102. The molecule has 0 radical (unpaired) electrons. The van der Waals surface area contributed by atoms with Gasteiger partial charge in [-0.05, 0) is 68.3 Å². The van der Waals surface area contributed by atoms with Crippen molar-refractivity contribution in [1.29, 1.82) is 0 Å². The molecule has 11 heteroatoms. The van der Waals surface area contributed by atoms with E-state index in [1.54, 1.807) is 76.5 Å². The molecule has 0 saturated carbocycles. The molecule has 226 valence electrons. The van der Waals surface area contributed by atoms with Crippen LogP contribution in [-0.4, -0.2) is 48.3 Å². The van der Waals surface area contributed by atoms with E-state index in [2.05, 4.69) is 20.3 Å². The fourth-order valence-electron chi connectivity index (χ4n) is 4.88. The Hall–Kier alpha value is -5.29. The molecular formula is C33H31FN4O6. The number of aryl methyl sites for hydroxylation is 3. The van der Waals surface area contributed by atoms with Crippen LogP contribution in [0.4, 0.5) is 10.1 Å². The predicted octanol–water partition coefficient (Wildman–Crippen LogP) is 6.13. The SMILES string of the molecule is COCCOc1cc2nccc(Oc3ccc(NC(=O)c4c(C)[nH]c(C)c(-c5ccc(F)cc5C)c4=O)cc3)c2nc1OC. The van der Waals surface area contributed by atoms with E-state index < -0.39 is 17.2 Å². The lowest BCUT2D eigenvalue weighted by atomic mass is 9.96. The Labute approximate surface area is 252 Å². The number of amides is 1. The van der Waals surface area contributed by atoms with Crippen LogP contribution in [0.3, 0.4) is 0 Å². The Morgan fingerprint density at radius 2 is 1.73 bits per heavy atom. The van der Waals surface area contributed by atoms with Gasteiger partial charge in [0.2, 0.25) is 5.43 Å². The smallest absolute Gasteiger partial charge is 0.261 e. The van der Waals surface area contributed by atoms with Gasteiger partial charge >= 0.3 is 0 Å². The maximum atomic E-state index is 13.7. The number of ether oxygens (including phenoxy) is 4. The summed E-state index contributed by atoms with van der Waals surface area (Å²) in [7, 11) is 3.09. The average molecular weight is 599 g/mol. The van der Waals surface area contributed by atoms with E-state index in [4.69, 9.17) is 18.9 Å². The summed E-state index contributed by atoms with van der Waals surface area (Å²) in [5.74, 6) is 0.670. The number of hydrogen-bond acceptors (Lipinski definition) is 8. The van der Waals surface area contributed by atoms with E-state index in [1.807, 2.05) is 0 Å². The number of halogens is 1. The lowest BCUT2D eigenvalue weighted by Gasteiger charge is -2.14. The first-order valence-electron chi connectivity index (χ1n) is 13.7. The van der Waals surface area contributed by atoms with Gasteiger partial charge in [-0.15, -0.1) is 0 Å². The van der Waals surface area contributed by atoms with Gasteiger partial charge in [0.05, 0.1) is 19.2 Å². The number of benzene rings is 2. The second-order valence-corrected chi connectivity index (χ2v) is 10.0. The number of aromatic amines is 1. The second-order valence-electron chi connectivity index (χ2n) is 10.0. The summed E-state index contributed by atoms with van der Waals surface area (Å²) in [6.45, 7) is 5.87. The highest BCUT2D eigenvalue weighted by Gasteiger charge is 2.21. The van der Waals surface area contributed by atoms with Gasteiger partial charge in [-0.3, -0.25) is 14.6 Å². The number of pyridine rings is 3. The molecule has 2 aromatic carbocycles. The quantitative estimate of drug-likeness (QED) is 0.184. The Balaban J connectivity index is 1.37. The van der Waals surface area contributed by atoms with E-state index >= 15 is 0 Å². The molecule has 0 atom stereocenters. The van der Waals surface area contributed by atoms with Crippen LogP contribution in [0.15, 0.2) is 65.6 Å². The molecule has 0 aliphatic heterocycles. The molecule has 1 amide bonds. The van der Waals surface area contributed by atoms with E-state index in [1.165, 1.54) is 19.2 Å². The number of aromatic nitrogens is 3. The number of carbonyl (C=O) groups is 1. The molecule has 5 aromatic rings. The minimum atomic E-state index is -0.571. The van der Waals surface area contributed by atoms with Crippen LogP contribution in [0, 0.1) is 26.6 Å². The number of hydrogen-bond donors (Lipinski definition) is 2. The summed E-state index contributed by atoms with van der Waals surface area (Å²) >= 11 is 0. The van der Waals surface area contributed by atoms with Crippen LogP contribution in [0.2, 0.25) is 0 Å². The highest BCUT2D eigenvalue weighted by Crippen LogP contribution is 2.34. The number of anilines is 1. The molecule has 0 aliphatic carbocycles. The zero-order valence-electron chi connectivity index (χ0n) is 24.9. The first kappa shape index (κ1) is 30.2. The van der Waals surface area contributed by atoms with Gasteiger partial charge in [0.1, 0.15) is 29.3 Å². The molecule has 0 spiro atoms. The normalized spacial score (nSPS) is 11.0. The summed E-state index contributed by atoms with van der Waals surface area (Å²) in [6.07, 6.45) is 1.60. The lowest BCUT2D eigenvalue weighted by Crippen LogP contribution is -2.26. The van der Waals surface area contributed by atoms with Crippen molar-refractivity contribution in [3.63, 3.8) is 0 Å². The fourth-order valence-corrected chi connectivity index (χ4v) is 4.88. The Kier molecular flexibility index (Phi) is 8.86. The van der Waals surface area contributed by atoms with E-state index in [0.717, 1.165) is 0 Å². The largest absolute Gasteiger partial charge is 0.485 e. The number of nitrogens with one attached hydrogen (secondary N) is 2. The van der Waals surface area contributed by atoms with Gasteiger partial charge in [0.15, 0.2) is 11.5 Å². The molecule has 0 saturated heterocycles. The molecule has 5 rings (SSSR count). The van der Waals surface area contributed by atoms with Gasteiger partial charge < -0.3 is 29.2 Å². The van der Waals surface area contributed by atoms with Crippen molar-refractivity contribution < 1.29 is 28.1 Å². The molecule has 0 bridgehead atoms. The van der Waals surface area contributed by atoms with Gasteiger partial charge in [-0.25, -0.2) is 9.37 Å². The third-order valence-electron chi connectivity index (χ3n) is 6.95. The highest BCUT2D eigenvalue weighted by atomic mass is 19.1. The number of carbonyl (C=O) groups excluding carboxylic acids is 1. The molecular weight excluding hydrogens is 567 g/mol. The molecule has 3 aromatic heterocycles. The summed E-state index contributed by atoms with van der Waals surface area (Å²) in [4.78, 5) is 38.9. The van der Waals surface area contributed by atoms with Gasteiger partial charge in [-0.1, -0.05) is 6.07 Å².